The van der Waals surface area contributed by atoms with E-state index in [-0.39, 0.29) is 24.0 Å². The van der Waals surface area contributed by atoms with Crippen molar-refractivity contribution in [2.24, 2.45) is 12.0 Å². The van der Waals surface area contributed by atoms with E-state index in [9.17, 15) is 0 Å². The highest BCUT2D eigenvalue weighted by Crippen LogP contribution is 2.14. The summed E-state index contributed by atoms with van der Waals surface area (Å²) in [6, 6.07) is 2.12. The number of aliphatic imine (C=N–C) groups is 1. The molecule has 0 aromatic carbocycles. The van der Waals surface area contributed by atoms with Crippen LogP contribution in [0.4, 0.5) is 0 Å². The number of nitrogens with zero attached hydrogens (tertiary/aromatic N) is 5. The summed E-state index contributed by atoms with van der Waals surface area (Å²) in [6.45, 7) is 4.49. The van der Waals surface area contributed by atoms with Gasteiger partial charge in [0.2, 0.25) is 0 Å². The minimum atomic E-state index is 0. The maximum Gasteiger partial charge on any atom is 0.193 e. The molecular weight excluding hydrogens is 471 g/mol. The number of imidazole rings is 1. The molecule has 0 saturated heterocycles. The van der Waals surface area contributed by atoms with Crippen LogP contribution in [0.2, 0.25) is 0 Å². The van der Waals surface area contributed by atoms with Crippen LogP contribution in [0.5, 0.6) is 0 Å². The molecule has 2 aromatic heterocycles. The van der Waals surface area contributed by atoms with E-state index in [0.29, 0.717) is 0 Å². The van der Waals surface area contributed by atoms with Gasteiger partial charge in [-0.15, -0.1) is 24.0 Å². The molecule has 0 spiro atoms. The van der Waals surface area contributed by atoms with Crippen molar-refractivity contribution >= 4 is 45.9 Å². The Kier molecular flexibility index (Phi) is 8.10. The lowest BCUT2D eigenvalue weighted by molar-refractivity contribution is 0.459. The molecule has 0 fully saturated rings. The molecule has 0 saturated carbocycles. The molecule has 0 aliphatic carbocycles. The molecule has 1 N–H and O–H groups in total. The molecule has 2 aromatic rings. The third kappa shape index (κ3) is 5.52. The van der Waals surface area contributed by atoms with Gasteiger partial charge < -0.3 is 19.4 Å². The van der Waals surface area contributed by atoms with Crippen LogP contribution in [0.3, 0.4) is 0 Å². The Bertz CT molecular complexity index is 648. The Hall–Kier alpha value is -1.03. The third-order valence-electron chi connectivity index (χ3n) is 3.61. The first-order valence-electron chi connectivity index (χ1n) is 7.21. The van der Waals surface area contributed by atoms with Gasteiger partial charge in [0.25, 0.3) is 0 Å². The Morgan fingerprint density at radius 3 is 2.74 bits per heavy atom. The zero-order valence-corrected chi connectivity index (χ0v) is 17.9. The summed E-state index contributed by atoms with van der Waals surface area (Å²) in [7, 11) is 5.90. The van der Waals surface area contributed by atoms with Gasteiger partial charge in [0, 0.05) is 63.0 Å². The number of hydrogen-bond donors (Lipinski definition) is 1. The van der Waals surface area contributed by atoms with Gasteiger partial charge in [-0.25, -0.2) is 4.98 Å². The van der Waals surface area contributed by atoms with Crippen molar-refractivity contribution < 1.29 is 0 Å². The molecule has 0 unspecified atom stereocenters. The minimum Gasteiger partial charge on any atom is -0.354 e. The van der Waals surface area contributed by atoms with Gasteiger partial charge in [0.05, 0.1) is 6.54 Å². The van der Waals surface area contributed by atoms with E-state index in [1.165, 1.54) is 5.69 Å². The van der Waals surface area contributed by atoms with Crippen LogP contribution in [0.1, 0.15) is 11.5 Å². The molecule has 0 radical (unpaired) electrons. The first-order valence-corrected chi connectivity index (χ1v) is 8.01. The molecule has 0 aliphatic heterocycles. The van der Waals surface area contributed by atoms with Crippen molar-refractivity contribution in [1.82, 2.24) is 24.3 Å². The molecule has 0 bridgehead atoms. The summed E-state index contributed by atoms with van der Waals surface area (Å²) in [5.74, 6) is 1.91. The smallest absolute Gasteiger partial charge is 0.193 e. The van der Waals surface area contributed by atoms with Crippen LogP contribution in [0.25, 0.3) is 0 Å². The fraction of sp³-hybridized carbons (Fsp3) is 0.467. The van der Waals surface area contributed by atoms with Crippen LogP contribution in [-0.2, 0) is 20.1 Å². The zero-order valence-electron chi connectivity index (χ0n) is 14.0. The van der Waals surface area contributed by atoms with Crippen molar-refractivity contribution in [3.8, 4) is 0 Å². The van der Waals surface area contributed by atoms with Gasteiger partial charge in [-0.05, 0) is 28.9 Å². The largest absolute Gasteiger partial charge is 0.354 e. The van der Waals surface area contributed by atoms with Crippen LogP contribution >= 0.6 is 39.9 Å². The molecule has 2 rings (SSSR count). The topological polar surface area (TPSA) is 50.4 Å². The normalized spacial score (nSPS) is 11.3. The highest BCUT2D eigenvalue weighted by atomic mass is 127. The fourth-order valence-corrected chi connectivity index (χ4v) is 2.93. The number of halogens is 2. The van der Waals surface area contributed by atoms with Crippen molar-refractivity contribution in [3.05, 3.63) is 40.6 Å². The van der Waals surface area contributed by atoms with E-state index in [1.54, 1.807) is 0 Å². The van der Waals surface area contributed by atoms with Crippen LogP contribution in [0, 0.1) is 6.92 Å². The van der Waals surface area contributed by atoms with Crippen molar-refractivity contribution in [1.29, 1.82) is 0 Å². The minimum absolute atomic E-state index is 0. The Morgan fingerprint density at radius 2 is 2.22 bits per heavy atom. The maximum absolute atomic E-state index is 4.35. The van der Waals surface area contributed by atoms with Crippen molar-refractivity contribution in [3.63, 3.8) is 0 Å². The average Bonchev–Trinajstić information content (AvgIpc) is 3.01. The van der Waals surface area contributed by atoms with E-state index in [1.807, 2.05) is 40.5 Å². The first kappa shape index (κ1) is 20.0. The van der Waals surface area contributed by atoms with Gasteiger partial charge in [-0.3, -0.25) is 4.99 Å². The number of guanidine groups is 1. The first-order chi connectivity index (χ1) is 10.5. The second-order valence-electron chi connectivity index (χ2n) is 5.26. The molecule has 0 atom stereocenters. The van der Waals surface area contributed by atoms with Gasteiger partial charge in [-0.1, -0.05) is 0 Å². The lowest BCUT2D eigenvalue weighted by Gasteiger charge is -2.22. The number of aryl methyl sites for hydroxylation is 2. The Morgan fingerprint density at radius 1 is 1.48 bits per heavy atom. The summed E-state index contributed by atoms with van der Waals surface area (Å²) >= 11 is 3.50. The molecule has 2 heterocycles. The molecule has 0 aliphatic rings. The SMILES string of the molecule is CN=C(NCCn1ccnc1C)N(C)Cc1cc(Br)cn1C.I. The van der Waals surface area contributed by atoms with Gasteiger partial charge in [-0.2, -0.15) is 0 Å². The van der Waals surface area contributed by atoms with Crippen LogP contribution < -0.4 is 5.32 Å². The molecule has 23 heavy (non-hydrogen) atoms. The summed E-state index contributed by atoms with van der Waals surface area (Å²) in [6.07, 6.45) is 5.87. The maximum atomic E-state index is 4.35. The number of rotatable bonds is 5. The average molecular weight is 495 g/mol. The quantitative estimate of drug-likeness (QED) is 0.395. The molecule has 8 heteroatoms. The van der Waals surface area contributed by atoms with Crippen LogP contribution in [0.15, 0.2) is 34.1 Å². The lowest BCUT2D eigenvalue weighted by atomic mass is 10.4. The van der Waals surface area contributed by atoms with E-state index >= 15 is 0 Å². The Balaban J connectivity index is 0.00000264. The monoisotopic (exact) mass is 494 g/mol. The summed E-state index contributed by atoms with van der Waals surface area (Å²) in [4.78, 5) is 10.7. The standard InChI is InChI=1S/C15H23BrN6.HI/c1-12-18-5-7-22(12)8-6-19-15(17-2)21(4)11-14-9-13(16)10-20(14)3;/h5,7,9-10H,6,8,11H2,1-4H3,(H,17,19);1H. The molecule has 6 nitrogen and oxygen atoms in total. The second-order valence-corrected chi connectivity index (χ2v) is 6.17. The third-order valence-corrected chi connectivity index (χ3v) is 4.04. The number of aromatic nitrogens is 3. The van der Waals surface area contributed by atoms with Crippen molar-refractivity contribution in [2.45, 2.75) is 20.0 Å². The highest BCUT2D eigenvalue weighted by Gasteiger charge is 2.09. The predicted octanol–water partition coefficient (Wildman–Crippen LogP) is 2.62. The lowest BCUT2D eigenvalue weighted by Crippen LogP contribution is -2.40. The Labute approximate surface area is 163 Å². The van der Waals surface area contributed by atoms with E-state index in [4.69, 9.17) is 0 Å². The number of nitrogens with one attached hydrogen (secondary N) is 1. The second kappa shape index (κ2) is 9.31. The van der Waals surface area contributed by atoms with Gasteiger partial charge in [0.15, 0.2) is 5.96 Å². The highest BCUT2D eigenvalue weighted by molar-refractivity contribution is 14.0. The molecular formula is C15H24BrIN6. The fourth-order valence-electron chi connectivity index (χ4n) is 2.35. The summed E-state index contributed by atoms with van der Waals surface area (Å²) in [5.41, 5.74) is 1.22. The molecule has 128 valence electrons. The van der Waals surface area contributed by atoms with Crippen LogP contribution in [-0.4, -0.2) is 45.6 Å². The van der Waals surface area contributed by atoms with E-state index < -0.39 is 0 Å². The van der Waals surface area contributed by atoms with Gasteiger partial charge in [0.1, 0.15) is 5.82 Å². The van der Waals surface area contributed by atoms with E-state index in [2.05, 4.69) is 57.5 Å². The summed E-state index contributed by atoms with van der Waals surface area (Å²) < 4.78 is 5.33. The van der Waals surface area contributed by atoms with Gasteiger partial charge >= 0.3 is 0 Å². The van der Waals surface area contributed by atoms with Crippen molar-refractivity contribution in [2.75, 3.05) is 20.6 Å². The predicted molar refractivity (Wildman–Crippen MR) is 108 cm³/mol. The molecule has 0 amide bonds. The summed E-state index contributed by atoms with van der Waals surface area (Å²) in [5, 5.41) is 3.39. The zero-order chi connectivity index (χ0) is 16.1. The van der Waals surface area contributed by atoms with E-state index in [0.717, 1.165) is 35.9 Å². The number of hydrogen-bond acceptors (Lipinski definition) is 2.